The van der Waals surface area contributed by atoms with Gasteiger partial charge in [-0.05, 0) is 44.9 Å². The van der Waals surface area contributed by atoms with Crippen molar-refractivity contribution < 1.29 is 14.1 Å². The number of aromatic nitrogens is 3. The van der Waals surface area contributed by atoms with Gasteiger partial charge in [0.05, 0.1) is 22.8 Å². The van der Waals surface area contributed by atoms with Crippen LogP contribution in [0.15, 0.2) is 39.9 Å². The average Bonchev–Trinajstić information content (AvgIpc) is 3.37. The third-order valence-corrected chi connectivity index (χ3v) is 5.98. The van der Waals surface area contributed by atoms with Gasteiger partial charge in [-0.1, -0.05) is 0 Å². The Morgan fingerprint density at radius 3 is 2.90 bits per heavy atom. The summed E-state index contributed by atoms with van der Waals surface area (Å²) in [5.41, 5.74) is 1.57. The fourth-order valence-electron chi connectivity index (χ4n) is 4.15. The maximum atomic E-state index is 13.1. The molecule has 1 unspecified atom stereocenters. The standard InChI is InChI=1S/C22H27N5O4/c1-3-26-14-23-17-11-15(5-7-18(17)26)24-21(30)22(2)9-4-10-27(13-22)20(29)8-6-16-12-19(28)25-31-16/h5,7,11-12,14H,3-4,6,8-10,13H2,1-2H3,(H,24,30)(H,25,28). The van der Waals surface area contributed by atoms with Crippen LogP contribution in [-0.4, -0.2) is 44.5 Å². The highest BCUT2D eigenvalue weighted by molar-refractivity contribution is 5.97. The zero-order chi connectivity index (χ0) is 22.0. The number of anilines is 1. The van der Waals surface area contributed by atoms with Crippen molar-refractivity contribution in [2.24, 2.45) is 5.41 Å². The molecule has 1 atom stereocenters. The van der Waals surface area contributed by atoms with Crippen molar-refractivity contribution >= 4 is 28.5 Å². The molecule has 3 aromatic rings. The van der Waals surface area contributed by atoms with Crippen molar-refractivity contribution in [2.45, 2.75) is 46.1 Å². The number of hydrogen-bond donors (Lipinski definition) is 2. The number of carbonyl (C=O) groups is 2. The number of likely N-dealkylation sites (tertiary alicyclic amines) is 1. The summed E-state index contributed by atoms with van der Waals surface area (Å²) in [7, 11) is 0. The molecule has 0 bridgehead atoms. The Bertz CT molecular complexity index is 1160. The summed E-state index contributed by atoms with van der Waals surface area (Å²) in [4.78, 5) is 43.1. The fraction of sp³-hybridized carbons (Fsp3) is 0.455. The van der Waals surface area contributed by atoms with Crippen molar-refractivity contribution in [3.63, 3.8) is 0 Å². The van der Waals surface area contributed by atoms with Gasteiger partial charge in [0.1, 0.15) is 5.76 Å². The second kappa shape index (κ2) is 8.41. The van der Waals surface area contributed by atoms with E-state index in [0.717, 1.165) is 24.0 Å². The molecule has 0 radical (unpaired) electrons. The predicted molar refractivity (Wildman–Crippen MR) is 116 cm³/mol. The van der Waals surface area contributed by atoms with Crippen LogP contribution in [0, 0.1) is 5.41 Å². The van der Waals surface area contributed by atoms with E-state index in [4.69, 9.17) is 4.52 Å². The van der Waals surface area contributed by atoms with E-state index in [1.165, 1.54) is 6.07 Å². The van der Waals surface area contributed by atoms with Crippen LogP contribution >= 0.6 is 0 Å². The molecular formula is C22H27N5O4. The van der Waals surface area contributed by atoms with Gasteiger partial charge in [-0.25, -0.2) is 4.98 Å². The van der Waals surface area contributed by atoms with Gasteiger partial charge in [0, 0.05) is 44.2 Å². The summed E-state index contributed by atoms with van der Waals surface area (Å²) in [5, 5.41) is 5.24. The number of imidazole rings is 1. The summed E-state index contributed by atoms with van der Waals surface area (Å²) >= 11 is 0. The molecule has 2 amide bonds. The van der Waals surface area contributed by atoms with E-state index in [1.807, 2.05) is 29.7 Å². The molecule has 4 rings (SSSR count). The molecule has 2 aromatic heterocycles. The van der Waals surface area contributed by atoms with Gasteiger partial charge < -0.3 is 19.3 Å². The summed E-state index contributed by atoms with van der Waals surface area (Å²) in [6.45, 7) is 5.78. The van der Waals surface area contributed by atoms with E-state index in [9.17, 15) is 14.4 Å². The zero-order valence-corrected chi connectivity index (χ0v) is 17.8. The summed E-state index contributed by atoms with van der Waals surface area (Å²) in [6, 6.07) is 7.06. The minimum absolute atomic E-state index is 0.0471. The molecule has 1 fully saturated rings. The molecular weight excluding hydrogens is 398 g/mol. The number of nitrogens with one attached hydrogen (secondary N) is 2. The largest absolute Gasteiger partial charge is 0.384 e. The van der Waals surface area contributed by atoms with Crippen molar-refractivity contribution in [1.82, 2.24) is 19.6 Å². The highest BCUT2D eigenvalue weighted by Gasteiger charge is 2.39. The normalized spacial score (nSPS) is 19.0. The van der Waals surface area contributed by atoms with Crippen LogP contribution in [0.1, 0.15) is 38.9 Å². The molecule has 0 spiro atoms. The van der Waals surface area contributed by atoms with Crippen LogP contribution in [0.5, 0.6) is 0 Å². The lowest BCUT2D eigenvalue weighted by atomic mass is 9.80. The number of hydrogen-bond acceptors (Lipinski definition) is 5. The number of benzene rings is 1. The van der Waals surface area contributed by atoms with E-state index in [1.54, 1.807) is 11.2 Å². The van der Waals surface area contributed by atoms with E-state index in [2.05, 4.69) is 22.4 Å². The molecule has 9 nitrogen and oxygen atoms in total. The fourth-order valence-corrected chi connectivity index (χ4v) is 4.15. The summed E-state index contributed by atoms with van der Waals surface area (Å²) in [5.74, 6) is 0.307. The van der Waals surface area contributed by atoms with Gasteiger partial charge in [0.15, 0.2) is 0 Å². The number of piperidine rings is 1. The maximum Gasteiger partial charge on any atom is 0.280 e. The zero-order valence-electron chi connectivity index (χ0n) is 17.8. The minimum atomic E-state index is -0.674. The van der Waals surface area contributed by atoms with Crippen molar-refractivity contribution in [1.29, 1.82) is 0 Å². The van der Waals surface area contributed by atoms with E-state index in [0.29, 0.717) is 37.4 Å². The molecule has 2 N–H and O–H groups in total. The van der Waals surface area contributed by atoms with Gasteiger partial charge in [0.2, 0.25) is 11.8 Å². The summed E-state index contributed by atoms with van der Waals surface area (Å²) in [6.07, 6.45) is 3.84. The third kappa shape index (κ3) is 4.40. The number of rotatable bonds is 6. The first-order valence-corrected chi connectivity index (χ1v) is 10.6. The Hall–Kier alpha value is -3.36. The second-order valence-electron chi connectivity index (χ2n) is 8.35. The monoisotopic (exact) mass is 425 g/mol. The van der Waals surface area contributed by atoms with Gasteiger partial charge in [-0.15, -0.1) is 0 Å². The van der Waals surface area contributed by atoms with Gasteiger partial charge in [-0.3, -0.25) is 14.4 Å². The topological polar surface area (TPSA) is 113 Å². The lowest BCUT2D eigenvalue weighted by Gasteiger charge is -2.39. The van der Waals surface area contributed by atoms with Crippen LogP contribution in [0.4, 0.5) is 5.69 Å². The highest BCUT2D eigenvalue weighted by Crippen LogP contribution is 2.32. The Labute approximate surface area is 179 Å². The third-order valence-electron chi connectivity index (χ3n) is 5.98. The molecule has 1 aliphatic rings. The number of fused-ring (bicyclic) bond motifs is 1. The van der Waals surface area contributed by atoms with Crippen molar-refractivity contribution in [2.75, 3.05) is 18.4 Å². The Balaban J connectivity index is 1.40. The van der Waals surface area contributed by atoms with E-state index < -0.39 is 5.41 Å². The molecule has 1 aliphatic heterocycles. The number of aromatic amines is 1. The summed E-state index contributed by atoms with van der Waals surface area (Å²) < 4.78 is 7.05. The number of H-pyrrole nitrogens is 1. The molecule has 0 saturated carbocycles. The molecule has 9 heteroatoms. The Kier molecular flexibility index (Phi) is 5.67. The smallest absolute Gasteiger partial charge is 0.280 e. The van der Waals surface area contributed by atoms with Gasteiger partial charge in [0.25, 0.3) is 5.56 Å². The van der Waals surface area contributed by atoms with Gasteiger partial charge in [-0.2, -0.15) is 5.16 Å². The minimum Gasteiger partial charge on any atom is -0.384 e. The quantitative estimate of drug-likeness (QED) is 0.630. The van der Waals surface area contributed by atoms with E-state index >= 15 is 0 Å². The Morgan fingerprint density at radius 1 is 1.32 bits per heavy atom. The number of aryl methyl sites for hydroxylation is 2. The van der Waals surface area contributed by atoms with Crippen LogP contribution in [0.3, 0.4) is 0 Å². The highest BCUT2D eigenvalue weighted by atomic mass is 16.5. The molecule has 1 aromatic carbocycles. The van der Waals surface area contributed by atoms with Crippen LogP contribution in [0.25, 0.3) is 11.0 Å². The van der Waals surface area contributed by atoms with Crippen molar-refractivity contribution in [3.05, 3.63) is 46.7 Å². The average molecular weight is 425 g/mol. The molecule has 164 valence electrons. The Morgan fingerprint density at radius 2 is 2.16 bits per heavy atom. The van der Waals surface area contributed by atoms with Crippen LogP contribution in [-0.2, 0) is 22.6 Å². The van der Waals surface area contributed by atoms with Crippen LogP contribution < -0.4 is 10.9 Å². The first-order chi connectivity index (χ1) is 14.9. The van der Waals surface area contributed by atoms with E-state index in [-0.39, 0.29) is 23.8 Å². The number of carbonyl (C=O) groups excluding carboxylic acids is 2. The molecule has 0 aliphatic carbocycles. The number of nitrogens with zero attached hydrogens (tertiary/aromatic N) is 3. The lowest BCUT2D eigenvalue weighted by molar-refractivity contribution is -0.138. The maximum absolute atomic E-state index is 13.1. The molecule has 31 heavy (non-hydrogen) atoms. The SMILES string of the molecule is CCn1cnc2cc(NC(=O)C3(C)CCCN(C(=O)CCc4cc(=O)[nH]o4)C3)ccc21. The van der Waals surface area contributed by atoms with Crippen LogP contribution in [0.2, 0.25) is 0 Å². The first kappa shape index (κ1) is 20.9. The second-order valence-corrected chi connectivity index (χ2v) is 8.35. The molecule has 1 saturated heterocycles. The molecule has 3 heterocycles. The first-order valence-electron chi connectivity index (χ1n) is 10.6. The van der Waals surface area contributed by atoms with Crippen molar-refractivity contribution in [3.8, 4) is 0 Å². The lowest BCUT2D eigenvalue weighted by Crippen LogP contribution is -2.50. The number of amides is 2. The predicted octanol–water partition coefficient (Wildman–Crippen LogP) is 2.54. The van der Waals surface area contributed by atoms with Gasteiger partial charge >= 0.3 is 0 Å².